The van der Waals surface area contributed by atoms with Crippen LogP contribution in [0, 0.1) is 0 Å². The van der Waals surface area contributed by atoms with E-state index in [-0.39, 0.29) is 12.3 Å². The number of halogens is 2. The van der Waals surface area contributed by atoms with Crippen LogP contribution in [0.5, 0.6) is 0 Å². The summed E-state index contributed by atoms with van der Waals surface area (Å²) in [6.45, 7) is 3.61. The topological polar surface area (TPSA) is 72.2 Å². The van der Waals surface area contributed by atoms with E-state index in [0.717, 1.165) is 0 Å². The molecule has 0 aliphatic heterocycles. The lowest BCUT2D eigenvalue weighted by atomic mass is 10.1. The highest BCUT2D eigenvalue weighted by Gasteiger charge is 2.19. The van der Waals surface area contributed by atoms with Crippen molar-refractivity contribution in [2.75, 3.05) is 0 Å². The third-order valence-electron chi connectivity index (χ3n) is 2.18. The van der Waals surface area contributed by atoms with Crippen molar-refractivity contribution in [2.24, 2.45) is 5.73 Å². The maximum atomic E-state index is 11.8. The van der Waals surface area contributed by atoms with E-state index < -0.39 is 11.9 Å². The molecule has 6 heteroatoms. The Kier molecular flexibility index (Phi) is 5.37. The summed E-state index contributed by atoms with van der Waals surface area (Å²) in [5.74, 6) is -0.998. The summed E-state index contributed by atoms with van der Waals surface area (Å²) in [6.07, 6.45) is 0.245. The number of primary amides is 1. The van der Waals surface area contributed by atoms with Crippen LogP contribution in [-0.2, 0) is 4.79 Å². The van der Waals surface area contributed by atoms with Crippen LogP contribution in [0.15, 0.2) is 35.3 Å². The number of carbonyl (C=O) groups excluding carboxylic acids is 2. The van der Waals surface area contributed by atoms with Crippen LogP contribution in [0.25, 0.3) is 0 Å². The van der Waals surface area contributed by atoms with Gasteiger partial charge in [0, 0.05) is 17.0 Å². The molecule has 0 aliphatic rings. The van der Waals surface area contributed by atoms with Crippen molar-refractivity contribution >= 4 is 39.3 Å². The zero-order valence-electron chi connectivity index (χ0n) is 9.45. The van der Waals surface area contributed by atoms with E-state index in [1.165, 1.54) is 0 Å². The number of rotatable bonds is 5. The predicted octanol–water partition coefficient (Wildman–Crippen LogP) is 2.22. The maximum Gasteiger partial charge on any atom is 0.251 e. The van der Waals surface area contributed by atoms with Crippen LogP contribution in [0.1, 0.15) is 16.8 Å². The molecule has 0 fully saturated rings. The smallest absolute Gasteiger partial charge is 0.251 e. The molecule has 0 aliphatic carbocycles. The first kappa shape index (κ1) is 14.7. The summed E-state index contributed by atoms with van der Waals surface area (Å²) in [5.41, 5.74) is 5.61. The molecule has 0 bridgehead atoms. The van der Waals surface area contributed by atoms with Gasteiger partial charge >= 0.3 is 0 Å². The van der Waals surface area contributed by atoms with E-state index in [9.17, 15) is 9.59 Å². The molecule has 3 N–H and O–H groups in total. The molecule has 2 amide bonds. The van der Waals surface area contributed by atoms with Gasteiger partial charge in [-0.15, -0.1) is 0 Å². The molecule has 1 rings (SSSR count). The summed E-state index contributed by atoms with van der Waals surface area (Å²) >= 11 is 8.85. The SMILES string of the molecule is C=C(Br)C[C@@H](NC(=O)c1ccc(Cl)cc1)C(N)=O. The lowest BCUT2D eigenvalue weighted by molar-refractivity contribution is -0.119. The van der Waals surface area contributed by atoms with Crippen LogP contribution >= 0.6 is 27.5 Å². The minimum absolute atomic E-state index is 0.245. The van der Waals surface area contributed by atoms with E-state index in [4.69, 9.17) is 17.3 Å². The zero-order valence-corrected chi connectivity index (χ0v) is 11.8. The Hall–Kier alpha value is -1.33. The van der Waals surface area contributed by atoms with Gasteiger partial charge in [-0.3, -0.25) is 9.59 Å². The Morgan fingerprint density at radius 3 is 2.39 bits per heavy atom. The third kappa shape index (κ3) is 4.50. The van der Waals surface area contributed by atoms with Crippen molar-refractivity contribution in [2.45, 2.75) is 12.5 Å². The first-order valence-corrected chi connectivity index (χ1v) is 6.26. The molecule has 0 saturated heterocycles. The number of nitrogens with one attached hydrogen (secondary N) is 1. The fourth-order valence-corrected chi connectivity index (χ4v) is 1.74. The third-order valence-corrected chi connectivity index (χ3v) is 2.76. The number of amides is 2. The molecule has 1 aromatic carbocycles. The average molecular weight is 332 g/mol. The zero-order chi connectivity index (χ0) is 13.7. The summed E-state index contributed by atoms with van der Waals surface area (Å²) in [7, 11) is 0. The fourth-order valence-electron chi connectivity index (χ4n) is 1.29. The molecule has 0 spiro atoms. The number of carbonyl (C=O) groups is 2. The Balaban J connectivity index is 2.75. The van der Waals surface area contributed by atoms with Crippen LogP contribution < -0.4 is 11.1 Å². The van der Waals surface area contributed by atoms with Crippen molar-refractivity contribution in [3.63, 3.8) is 0 Å². The molecule has 1 atom stereocenters. The van der Waals surface area contributed by atoms with Gasteiger partial charge in [-0.1, -0.05) is 34.1 Å². The van der Waals surface area contributed by atoms with E-state index in [1.807, 2.05) is 0 Å². The van der Waals surface area contributed by atoms with Gasteiger partial charge < -0.3 is 11.1 Å². The van der Waals surface area contributed by atoms with Crippen molar-refractivity contribution in [1.82, 2.24) is 5.32 Å². The molecular formula is C12H12BrClN2O2. The Labute approximate surface area is 118 Å². The van der Waals surface area contributed by atoms with Gasteiger partial charge in [0.15, 0.2) is 0 Å². The second-order valence-electron chi connectivity index (χ2n) is 3.66. The lowest BCUT2D eigenvalue weighted by Crippen LogP contribution is -2.44. The highest BCUT2D eigenvalue weighted by Crippen LogP contribution is 2.12. The van der Waals surface area contributed by atoms with E-state index in [2.05, 4.69) is 27.8 Å². The maximum absolute atomic E-state index is 11.8. The summed E-state index contributed by atoms with van der Waals surface area (Å²) in [4.78, 5) is 23.0. The number of benzene rings is 1. The van der Waals surface area contributed by atoms with Crippen LogP contribution in [-0.4, -0.2) is 17.9 Å². The fraction of sp³-hybridized carbons (Fsp3) is 0.167. The minimum Gasteiger partial charge on any atom is -0.368 e. The Morgan fingerprint density at radius 1 is 1.39 bits per heavy atom. The van der Waals surface area contributed by atoms with Crippen LogP contribution in [0.3, 0.4) is 0 Å². The predicted molar refractivity (Wildman–Crippen MR) is 74.6 cm³/mol. The highest BCUT2D eigenvalue weighted by atomic mass is 79.9. The highest BCUT2D eigenvalue weighted by molar-refractivity contribution is 9.11. The summed E-state index contributed by atoms with van der Waals surface area (Å²) in [5, 5.41) is 3.07. The molecule has 0 saturated carbocycles. The Bertz CT molecular complexity index is 473. The second-order valence-corrected chi connectivity index (χ2v) is 5.21. The lowest BCUT2D eigenvalue weighted by Gasteiger charge is -2.14. The van der Waals surface area contributed by atoms with Crippen molar-refractivity contribution in [1.29, 1.82) is 0 Å². The average Bonchev–Trinajstić information content (AvgIpc) is 2.28. The standard InChI is InChI=1S/C12H12BrClN2O2/c1-7(13)6-10(11(15)17)16-12(18)8-2-4-9(14)5-3-8/h2-5,10H,1,6H2,(H2,15,17)(H,16,18)/t10-/m1/s1. The normalized spacial score (nSPS) is 11.7. The van der Waals surface area contributed by atoms with Gasteiger partial charge in [0.25, 0.3) is 5.91 Å². The quantitative estimate of drug-likeness (QED) is 0.868. The van der Waals surface area contributed by atoms with Crippen molar-refractivity contribution in [3.05, 3.63) is 45.9 Å². The number of hydrogen-bond donors (Lipinski definition) is 2. The van der Waals surface area contributed by atoms with Gasteiger partial charge in [0.05, 0.1) is 0 Å². The largest absolute Gasteiger partial charge is 0.368 e. The molecule has 0 heterocycles. The van der Waals surface area contributed by atoms with Gasteiger partial charge in [0.2, 0.25) is 5.91 Å². The molecule has 0 aromatic heterocycles. The molecule has 18 heavy (non-hydrogen) atoms. The minimum atomic E-state index is -0.792. The number of hydrogen-bond acceptors (Lipinski definition) is 2. The van der Waals surface area contributed by atoms with E-state index in [0.29, 0.717) is 15.1 Å². The van der Waals surface area contributed by atoms with E-state index >= 15 is 0 Å². The molecule has 1 aromatic rings. The molecule has 0 radical (unpaired) electrons. The molecular weight excluding hydrogens is 320 g/mol. The summed E-state index contributed by atoms with van der Waals surface area (Å²) in [6, 6.07) is 5.54. The number of nitrogens with two attached hydrogens (primary N) is 1. The molecule has 4 nitrogen and oxygen atoms in total. The van der Waals surface area contributed by atoms with Gasteiger partial charge in [-0.05, 0) is 28.7 Å². The molecule has 0 unspecified atom stereocenters. The second kappa shape index (κ2) is 6.56. The van der Waals surface area contributed by atoms with Crippen molar-refractivity contribution in [3.8, 4) is 0 Å². The van der Waals surface area contributed by atoms with Gasteiger partial charge in [0.1, 0.15) is 6.04 Å². The van der Waals surface area contributed by atoms with Crippen LogP contribution in [0.4, 0.5) is 0 Å². The van der Waals surface area contributed by atoms with Crippen molar-refractivity contribution < 1.29 is 9.59 Å². The first-order chi connectivity index (χ1) is 8.40. The first-order valence-electron chi connectivity index (χ1n) is 5.09. The summed E-state index contributed by atoms with van der Waals surface area (Å²) < 4.78 is 0.586. The Morgan fingerprint density at radius 2 is 1.94 bits per heavy atom. The van der Waals surface area contributed by atoms with E-state index in [1.54, 1.807) is 24.3 Å². The van der Waals surface area contributed by atoms with Gasteiger partial charge in [-0.25, -0.2) is 0 Å². The monoisotopic (exact) mass is 330 g/mol. The molecule has 96 valence electrons. The van der Waals surface area contributed by atoms with Gasteiger partial charge in [-0.2, -0.15) is 0 Å². The van der Waals surface area contributed by atoms with Crippen LogP contribution in [0.2, 0.25) is 5.02 Å².